The van der Waals surface area contributed by atoms with Crippen molar-refractivity contribution in [2.24, 2.45) is 0 Å². The molecule has 14 heavy (non-hydrogen) atoms. The van der Waals surface area contributed by atoms with Crippen LogP contribution in [0.5, 0.6) is 0 Å². The summed E-state index contributed by atoms with van der Waals surface area (Å²) >= 11 is 0. The Morgan fingerprint density at radius 1 is 1.50 bits per heavy atom. The summed E-state index contributed by atoms with van der Waals surface area (Å²) in [6.07, 6.45) is 0.674. The summed E-state index contributed by atoms with van der Waals surface area (Å²) in [5.74, 6) is -3.72. The average molecular weight is 198 g/mol. The van der Waals surface area contributed by atoms with Gasteiger partial charge in [0.1, 0.15) is 5.82 Å². The van der Waals surface area contributed by atoms with Gasteiger partial charge in [-0.05, 0) is 24.6 Å². The first kappa shape index (κ1) is 10.4. The van der Waals surface area contributed by atoms with E-state index in [1.807, 2.05) is 0 Å². The van der Waals surface area contributed by atoms with Crippen LogP contribution >= 0.6 is 0 Å². The zero-order valence-electron chi connectivity index (χ0n) is 7.42. The smallest absolute Gasteiger partial charge is 0.364 e. The molecule has 0 aromatic heterocycles. The lowest BCUT2D eigenvalue weighted by Crippen LogP contribution is -1.96. The van der Waals surface area contributed by atoms with E-state index in [0.29, 0.717) is 11.6 Å². The van der Waals surface area contributed by atoms with Gasteiger partial charge in [0.25, 0.3) is 0 Å². The summed E-state index contributed by atoms with van der Waals surface area (Å²) in [6.45, 7) is 1.57. The normalized spacial score (nSPS) is 11.5. The molecule has 0 bridgehead atoms. The minimum Gasteiger partial charge on any atom is -0.476 e. The Morgan fingerprint density at radius 2 is 2.14 bits per heavy atom. The lowest BCUT2D eigenvalue weighted by molar-refractivity contribution is -0.134. The Kier molecular flexibility index (Phi) is 2.96. The maximum absolute atomic E-state index is 13.1. The minimum absolute atomic E-state index is 0.0348. The molecule has 0 heterocycles. The number of carbonyl (C=O) groups is 1. The van der Waals surface area contributed by atoms with Crippen LogP contribution in [0.1, 0.15) is 11.1 Å². The first-order valence-electron chi connectivity index (χ1n) is 3.88. The minimum atomic E-state index is -1.70. The van der Waals surface area contributed by atoms with Crippen LogP contribution in [-0.4, -0.2) is 11.1 Å². The van der Waals surface area contributed by atoms with E-state index in [2.05, 4.69) is 0 Å². The third-order valence-corrected chi connectivity index (χ3v) is 1.75. The summed E-state index contributed by atoms with van der Waals surface area (Å²) in [6, 6.07) is 4.19. The average Bonchev–Trinajstić information content (AvgIpc) is 2.11. The van der Waals surface area contributed by atoms with E-state index >= 15 is 0 Å². The number of benzene rings is 1. The molecule has 0 unspecified atom stereocenters. The maximum Gasteiger partial charge on any atom is 0.364 e. The number of aryl methyl sites for hydroxylation is 1. The van der Waals surface area contributed by atoms with E-state index in [-0.39, 0.29) is 5.56 Å². The molecule has 1 N–H and O–H groups in total. The number of carboxylic acid groups (broad SMARTS) is 1. The topological polar surface area (TPSA) is 37.3 Å². The van der Waals surface area contributed by atoms with Gasteiger partial charge in [0.05, 0.1) is 0 Å². The fourth-order valence-corrected chi connectivity index (χ4v) is 1.02. The number of rotatable bonds is 2. The molecule has 0 saturated heterocycles. The van der Waals surface area contributed by atoms with Gasteiger partial charge in [-0.25, -0.2) is 9.18 Å². The van der Waals surface area contributed by atoms with Crippen LogP contribution in [-0.2, 0) is 4.79 Å². The van der Waals surface area contributed by atoms with Crippen LogP contribution < -0.4 is 0 Å². The molecule has 0 spiro atoms. The molecule has 0 atom stereocenters. The molecule has 1 aromatic carbocycles. The van der Waals surface area contributed by atoms with Crippen molar-refractivity contribution in [1.82, 2.24) is 0 Å². The Labute approximate surface area is 79.5 Å². The third kappa shape index (κ3) is 2.16. The molecule has 0 aliphatic heterocycles. The standard InChI is InChI=1S/C10H8F2O2/c1-6-3-2-4-8(11)7(6)5-9(12)10(13)14/h2-5H,1H3,(H,13,14). The Hall–Kier alpha value is -1.71. The predicted octanol–water partition coefficient (Wildman–Crippen LogP) is 2.53. The number of hydrogen-bond acceptors (Lipinski definition) is 1. The molecule has 0 radical (unpaired) electrons. The SMILES string of the molecule is Cc1cccc(F)c1C=C(F)C(=O)O. The van der Waals surface area contributed by atoms with Crippen LogP contribution in [0.25, 0.3) is 6.08 Å². The first-order chi connectivity index (χ1) is 6.52. The highest BCUT2D eigenvalue weighted by atomic mass is 19.1. The molecule has 1 rings (SSSR count). The van der Waals surface area contributed by atoms with E-state index in [0.717, 1.165) is 6.07 Å². The predicted molar refractivity (Wildman–Crippen MR) is 47.9 cm³/mol. The summed E-state index contributed by atoms with van der Waals surface area (Å²) in [4.78, 5) is 10.2. The van der Waals surface area contributed by atoms with Gasteiger partial charge in [0.2, 0.25) is 5.83 Å². The summed E-state index contributed by atoms with van der Waals surface area (Å²) in [7, 11) is 0. The molecular weight excluding hydrogens is 190 g/mol. The van der Waals surface area contributed by atoms with Gasteiger partial charge in [-0.2, -0.15) is 4.39 Å². The molecule has 0 saturated carbocycles. The number of halogens is 2. The van der Waals surface area contributed by atoms with Crippen LogP contribution in [0.2, 0.25) is 0 Å². The van der Waals surface area contributed by atoms with Gasteiger partial charge in [-0.1, -0.05) is 12.1 Å². The van der Waals surface area contributed by atoms with Crippen LogP contribution in [0.15, 0.2) is 24.0 Å². The highest BCUT2D eigenvalue weighted by Crippen LogP contribution is 2.16. The summed E-state index contributed by atoms with van der Waals surface area (Å²) in [5.41, 5.74) is 0.453. The van der Waals surface area contributed by atoms with E-state index in [1.54, 1.807) is 13.0 Å². The van der Waals surface area contributed by atoms with Gasteiger partial charge >= 0.3 is 5.97 Å². The van der Waals surface area contributed by atoms with Crippen molar-refractivity contribution in [2.75, 3.05) is 0 Å². The largest absolute Gasteiger partial charge is 0.476 e. The number of hydrogen-bond donors (Lipinski definition) is 1. The second-order valence-electron chi connectivity index (χ2n) is 2.77. The second-order valence-corrected chi connectivity index (χ2v) is 2.77. The molecule has 0 amide bonds. The molecule has 2 nitrogen and oxygen atoms in total. The van der Waals surface area contributed by atoms with Crippen molar-refractivity contribution in [1.29, 1.82) is 0 Å². The Morgan fingerprint density at radius 3 is 2.64 bits per heavy atom. The van der Waals surface area contributed by atoms with Gasteiger partial charge < -0.3 is 5.11 Å². The molecular formula is C10H8F2O2. The number of carboxylic acids is 1. The van der Waals surface area contributed by atoms with Gasteiger partial charge in [-0.3, -0.25) is 0 Å². The highest BCUT2D eigenvalue weighted by Gasteiger charge is 2.09. The second kappa shape index (κ2) is 4.00. The lowest BCUT2D eigenvalue weighted by atomic mass is 10.1. The van der Waals surface area contributed by atoms with Gasteiger partial charge in [0.15, 0.2) is 0 Å². The van der Waals surface area contributed by atoms with Crippen molar-refractivity contribution in [3.8, 4) is 0 Å². The number of aliphatic carboxylic acids is 1. The Bertz CT molecular complexity index is 377. The maximum atomic E-state index is 13.1. The zero-order valence-corrected chi connectivity index (χ0v) is 7.42. The molecule has 1 aromatic rings. The molecule has 0 fully saturated rings. The fraction of sp³-hybridized carbons (Fsp3) is 0.100. The van der Waals surface area contributed by atoms with Crippen molar-refractivity contribution in [3.63, 3.8) is 0 Å². The third-order valence-electron chi connectivity index (χ3n) is 1.75. The van der Waals surface area contributed by atoms with E-state index in [1.165, 1.54) is 6.07 Å². The van der Waals surface area contributed by atoms with Crippen molar-refractivity contribution >= 4 is 12.0 Å². The lowest BCUT2D eigenvalue weighted by Gasteiger charge is -2.00. The van der Waals surface area contributed by atoms with Crippen LogP contribution in [0, 0.1) is 12.7 Å². The van der Waals surface area contributed by atoms with Crippen LogP contribution in [0.3, 0.4) is 0 Å². The van der Waals surface area contributed by atoms with E-state index in [9.17, 15) is 13.6 Å². The Balaban J connectivity index is 3.20. The van der Waals surface area contributed by atoms with Gasteiger partial charge in [0, 0.05) is 5.56 Å². The molecule has 74 valence electrons. The van der Waals surface area contributed by atoms with Crippen molar-refractivity contribution in [3.05, 3.63) is 41.0 Å². The fourth-order valence-electron chi connectivity index (χ4n) is 1.02. The van der Waals surface area contributed by atoms with Crippen LogP contribution in [0.4, 0.5) is 8.78 Å². The quantitative estimate of drug-likeness (QED) is 0.741. The monoisotopic (exact) mass is 198 g/mol. The van der Waals surface area contributed by atoms with E-state index < -0.39 is 17.6 Å². The molecule has 0 aliphatic carbocycles. The highest BCUT2D eigenvalue weighted by molar-refractivity contribution is 5.89. The van der Waals surface area contributed by atoms with E-state index in [4.69, 9.17) is 5.11 Å². The first-order valence-corrected chi connectivity index (χ1v) is 3.88. The van der Waals surface area contributed by atoms with Crippen molar-refractivity contribution in [2.45, 2.75) is 6.92 Å². The summed E-state index contributed by atoms with van der Waals surface area (Å²) < 4.78 is 25.7. The van der Waals surface area contributed by atoms with Gasteiger partial charge in [-0.15, -0.1) is 0 Å². The molecule has 4 heteroatoms. The molecule has 0 aliphatic rings. The summed E-state index contributed by atoms with van der Waals surface area (Å²) in [5, 5.41) is 8.26. The zero-order chi connectivity index (χ0) is 10.7. The van der Waals surface area contributed by atoms with Crippen molar-refractivity contribution < 1.29 is 18.7 Å².